The normalized spacial score (nSPS) is 12.5. The third kappa shape index (κ3) is 6.43. The van der Waals surface area contributed by atoms with Crippen molar-refractivity contribution >= 4 is 45.6 Å². The molecule has 0 aliphatic carbocycles. The molecule has 0 saturated heterocycles. The Bertz CT molecular complexity index is 2220. The van der Waals surface area contributed by atoms with Gasteiger partial charge in [0.05, 0.1) is 23.0 Å². The molecule has 6 nitrogen and oxygen atoms in total. The summed E-state index contributed by atoms with van der Waals surface area (Å²) < 4.78 is 0. The van der Waals surface area contributed by atoms with Crippen LogP contribution >= 0.6 is 0 Å². The number of nitrogens with zero attached hydrogens (tertiary/aromatic N) is 6. The monoisotopic (exact) mass is 721 g/mol. The third-order valence-electron chi connectivity index (χ3n) is 10.1. The summed E-state index contributed by atoms with van der Waals surface area (Å²) in [7, 11) is 0. The van der Waals surface area contributed by atoms with E-state index < -0.39 is 0 Å². The molecule has 2 aromatic carbocycles. The maximum atomic E-state index is 5.29. The number of allylic oxidation sites excluding steroid dienone is 2. The second kappa shape index (κ2) is 14.2. The molecule has 0 N–H and O–H groups in total. The van der Waals surface area contributed by atoms with E-state index in [1.807, 2.05) is 0 Å². The Morgan fingerprint density at radius 2 is 0.804 bits per heavy atom. The van der Waals surface area contributed by atoms with Crippen molar-refractivity contribution in [3.63, 3.8) is 0 Å². The van der Waals surface area contributed by atoms with Gasteiger partial charge in [0.15, 0.2) is 0 Å². The molecule has 2 aliphatic rings. The fourth-order valence-corrected chi connectivity index (χ4v) is 7.86. The molecular weight excluding hydrogens is 676 g/mol. The summed E-state index contributed by atoms with van der Waals surface area (Å²) in [6, 6.07) is 13.4. The molecule has 51 heavy (non-hydrogen) atoms. The fourth-order valence-electron chi connectivity index (χ4n) is 7.86. The maximum absolute atomic E-state index is 5.29. The van der Waals surface area contributed by atoms with Crippen LogP contribution in [0, 0.1) is 41.5 Å². The number of fused-ring (bicyclic) bond motifs is 8. The summed E-state index contributed by atoms with van der Waals surface area (Å²) in [4.78, 5) is 31.7. The molecule has 263 valence electrons. The summed E-state index contributed by atoms with van der Waals surface area (Å²) in [6.07, 6.45) is 7.60. The Morgan fingerprint density at radius 1 is 0.451 bits per heavy atom. The van der Waals surface area contributed by atoms with E-state index in [1.54, 1.807) is 0 Å². The van der Waals surface area contributed by atoms with Crippen LogP contribution in [0.3, 0.4) is 0 Å². The Morgan fingerprint density at radius 3 is 1.12 bits per heavy atom. The second-order valence-electron chi connectivity index (χ2n) is 13.9. The van der Waals surface area contributed by atoms with Crippen LogP contribution in [0.15, 0.2) is 36.4 Å². The van der Waals surface area contributed by atoms with Crippen LogP contribution in [0.5, 0.6) is 0 Å². The summed E-state index contributed by atoms with van der Waals surface area (Å²) in [5, 5.41) is 0. The van der Waals surface area contributed by atoms with Gasteiger partial charge in [0.1, 0.15) is 0 Å². The largest absolute Gasteiger partial charge is 2.00 e. The number of hydrogen-bond acceptors (Lipinski definition) is 4. The predicted molar refractivity (Wildman–Crippen MR) is 209 cm³/mol. The van der Waals surface area contributed by atoms with Gasteiger partial charge in [0.25, 0.3) is 0 Å². The molecule has 2 aliphatic heterocycles. The minimum Gasteiger partial charge on any atom is -0.435 e. The molecule has 5 aromatic rings. The fraction of sp³-hybridized carbons (Fsp3) is 0.318. The van der Waals surface area contributed by atoms with Gasteiger partial charge in [0.2, 0.25) is 0 Å². The van der Waals surface area contributed by atoms with Crippen molar-refractivity contribution in [2.45, 2.75) is 94.9 Å². The molecular formula is C44H46CuN6. The Balaban J connectivity index is 0.00000448. The molecule has 0 saturated carbocycles. The first kappa shape index (κ1) is 36.2. The van der Waals surface area contributed by atoms with Crippen molar-refractivity contribution in [3.8, 4) is 22.3 Å². The van der Waals surface area contributed by atoms with Crippen LogP contribution in [0.1, 0.15) is 108 Å². The first-order chi connectivity index (χ1) is 24.0. The summed E-state index contributed by atoms with van der Waals surface area (Å²) in [6.45, 7) is 21.7. The van der Waals surface area contributed by atoms with Crippen LogP contribution in [0.4, 0.5) is 0 Å². The maximum Gasteiger partial charge on any atom is 2.00 e. The SMILES string of the molecule is CCC1=Cc2nc1nc1[n-]c(cc1CC)c(-c1c(C)cc(C)cc1C)c1nc(nc3[n-]c(cc3CC)c2-c2c(C)cc(C)cc2C)C(CC)=C1.[Cu+2]. The van der Waals surface area contributed by atoms with E-state index >= 15 is 0 Å². The van der Waals surface area contributed by atoms with Gasteiger partial charge in [-0.2, -0.15) is 0 Å². The number of hydrogen-bond donors (Lipinski definition) is 0. The van der Waals surface area contributed by atoms with E-state index in [0.717, 1.165) is 92.6 Å². The van der Waals surface area contributed by atoms with Crippen LogP contribution in [0.2, 0.25) is 0 Å². The first-order valence-electron chi connectivity index (χ1n) is 18.0. The van der Waals surface area contributed by atoms with Crippen molar-refractivity contribution in [1.82, 2.24) is 29.9 Å². The van der Waals surface area contributed by atoms with E-state index in [2.05, 4.69) is 118 Å². The van der Waals surface area contributed by atoms with E-state index in [-0.39, 0.29) is 17.1 Å². The van der Waals surface area contributed by atoms with E-state index in [1.165, 1.54) is 33.4 Å². The summed E-state index contributed by atoms with van der Waals surface area (Å²) >= 11 is 0. The van der Waals surface area contributed by atoms with Gasteiger partial charge in [-0.25, -0.2) is 0 Å². The van der Waals surface area contributed by atoms with E-state index in [4.69, 9.17) is 29.9 Å². The van der Waals surface area contributed by atoms with E-state index in [0.29, 0.717) is 22.9 Å². The van der Waals surface area contributed by atoms with Crippen molar-refractivity contribution in [2.75, 3.05) is 0 Å². The van der Waals surface area contributed by atoms with Gasteiger partial charge in [-0.1, -0.05) is 86.5 Å². The Hall–Kier alpha value is -4.58. The van der Waals surface area contributed by atoms with Crippen molar-refractivity contribution in [3.05, 3.63) is 104 Å². The molecule has 0 amide bonds. The van der Waals surface area contributed by atoms with Gasteiger partial charge < -0.3 is 19.9 Å². The number of aryl methyl sites for hydroxylation is 8. The summed E-state index contributed by atoms with van der Waals surface area (Å²) in [5.41, 5.74) is 20.9. The average molecular weight is 722 g/mol. The van der Waals surface area contributed by atoms with Crippen LogP contribution in [-0.2, 0) is 29.9 Å². The smallest absolute Gasteiger partial charge is 0.435 e. The van der Waals surface area contributed by atoms with Crippen LogP contribution in [0.25, 0.3) is 67.9 Å². The molecule has 3 aromatic heterocycles. The van der Waals surface area contributed by atoms with Gasteiger partial charge in [0, 0.05) is 11.1 Å². The molecule has 7 rings (SSSR count). The molecule has 8 bridgehead atoms. The molecule has 1 radical (unpaired) electrons. The number of benzene rings is 2. The predicted octanol–water partition coefficient (Wildman–Crippen LogP) is 10.6. The minimum atomic E-state index is 0. The van der Waals surface area contributed by atoms with Gasteiger partial charge in [-0.15, -0.1) is 0 Å². The topological polar surface area (TPSA) is 79.8 Å². The molecule has 0 fully saturated rings. The van der Waals surface area contributed by atoms with Crippen LogP contribution < -0.4 is 9.97 Å². The zero-order valence-corrected chi connectivity index (χ0v) is 32.4. The molecule has 5 heterocycles. The number of aromatic nitrogens is 6. The zero-order valence-electron chi connectivity index (χ0n) is 31.4. The summed E-state index contributed by atoms with van der Waals surface area (Å²) in [5.74, 6) is 1.43. The van der Waals surface area contributed by atoms with Gasteiger partial charge in [-0.05, 0) is 146 Å². The molecule has 0 atom stereocenters. The van der Waals surface area contributed by atoms with Crippen LogP contribution in [-0.4, -0.2) is 19.9 Å². The molecule has 0 unspecified atom stereocenters. The first-order valence-corrected chi connectivity index (χ1v) is 18.0. The third-order valence-corrected chi connectivity index (χ3v) is 10.1. The molecule has 0 spiro atoms. The Labute approximate surface area is 312 Å². The number of rotatable bonds is 6. The second-order valence-corrected chi connectivity index (χ2v) is 13.9. The quantitative estimate of drug-likeness (QED) is 0.162. The van der Waals surface area contributed by atoms with Gasteiger partial charge in [-0.3, -0.25) is 9.97 Å². The molecule has 7 heteroatoms. The van der Waals surface area contributed by atoms with Gasteiger partial charge >= 0.3 is 17.1 Å². The Kier molecular flexibility index (Phi) is 10.1. The van der Waals surface area contributed by atoms with Crippen molar-refractivity contribution in [1.29, 1.82) is 0 Å². The van der Waals surface area contributed by atoms with Crippen molar-refractivity contribution in [2.24, 2.45) is 0 Å². The van der Waals surface area contributed by atoms with E-state index in [9.17, 15) is 0 Å². The van der Waals surface area contributed by atoms with Crippen molar-refractivity contribution < 1.29 is 17.1 Å². The minimum absolute atomic E-state index is 0. The average Bonchev–Trinajstić information content (AvgIpc) is 3.85. The standard InChI is InChI=1S/C44H46N6.Cu/c1-11-29-19-33-39(37-25(7)15-23(5)16-26(37)8)34-21-31(13-3)43(47-34)50-44-32(14-4)22-36(48-44)40(38-27(9)17-24(6)18-28(38)10)35-20-30(12-2)42(46-35)49-41(29)45-33;/h15-22H,11-14H2,1-10H3;/q-2;+2. The zero-order chi connectivity index (χ0) is 35.4.